The summed E-state index contributed by atoms with van der Waals surface area (Å²) in [6.45, 7) is 0. The fraction of sp³-hybridized carbons (Fsp3) is 0.188. The Hall–Kier alpha value is -1.46. The molecule has 0 bridgehead atoms. The normalized spacial score (nSPS) is 13.4. The van der Waals surface area contributed by atoms with Crippen molar-refractivity contribution in [2.24, 2.45) is 0 Å². The molecule has 0 aliphatic rings. The Kier molecular flexibility index (Phi) is 5.70. The van der Waals surface area contributed by atoms with Gasteiger partial charge < -0.3 is 4.74 Å². The molecule has 0 radical (unpaired) electrons. The summed E-state index contributed by atoms with van der Waals surface area (Å²) in [5.41, 5.74) is 0.813. The van der Waals surface area contributed by atoms with Gasteiger partial charge in [-0.25, -0.2) is 0 Å². The molecule has 0 spiro atoms. The first-order valence-electron chi connectivity index (χ1n) is 6.38. The molecule has 0 heterocycles. The Morgan fingerprint density at radius 3 is 2.52 bits per heavy atom. The van der Waals surface area contributed by atoms with E-state index >= 15 is 0 Å². The van der Waals surface area contributed by atoms with Crippen molar-refractivity contribution in [3.05, 3.63) is 64.6 Å². The zero-order chi connectivity index (χ0) is 15.2. The molecule has 0 aliphatic carbocycles. The molecule has 0 aromatic heterocycles. The first-order valence-corrected chi connectivity index (χ1v) is 8.49. The Balaban J connectivity index is 2.23. The summed E-state index contributed by atoms with van der Waals surface area (Å²) < 4.78 is 18.2. The van der Waals surface area contributed by atoms with Gasteiger partial charge in [0.25, 0.3) is 0 Å². The monoisotopic (exact) mass is 366 g/mol. The van der Waals surface area contributed by atoms with Gasteiger partial charge in [0.1, 0.15) is 0 Å². The summed E-state index contributed by atoms with van der Waals surface area (Å²) in [4.78, 5) is 12.7. The van der Waals surface area contributed by atoms with E-state index < -0.39 is 16.7 Å². The minimum atomic E-state index is -1.28. The van der Waals surface area contributed by atoms with Crippen molar-refractivity contribution in [2.45, 2.75) is 10.8 Å². The first-order chi connectivity index (χ1) is 10.1. The maximum absolute atomic E-state index is 12.5. The number of halogens is 1. The molecule has 21 heavy (non-hydrogen) atoms. The molecule has 5 heteroatoms. The highest BCUT2D eigenvalue weighted by atomic mass is 79.9. The number of carbonyl (C=O) groups excluding carboxylic acids is 1. The summed E-state index contributed by atoms with van der Waals surface area (Å²) in [6, 6.07) is 16.6. The number of esters is 1. The summed E-state index contributed by atoms with van der Waals surface area (Å²) >= 11 is 3.36. The average Bonchev–Trinajstić information content (AvgIpc) is 2.52. The van der Waals surface area contributed by atoms with E-state index in [1.807, 2.05) is 42.5 Å². The van der Waals surface area contributed by atoms with Crippen LogP contribution < -0.4 is 0 Å². The number of benzene rings is 2. The lowest BCUT2D eigenvalue weighted by molar-refractivity contribution is -0.141. The van der Waals surface area contributed by atoms with Crippen molar-refractivity contribution in [3.63, 3.8) is 0 Å². The average molecular weight is 367 g/mol. The van der Waals surface area contributed by atoms with E-state index in [0.717, 1.165) is 10.0 Å². The number of methoxy groups -OCH3 is 1. The number of hydrogen-bond donors (Lipinski definition) is 0. The predicted octanol–water partition coefficient (Wildman–Crippen LogP) is 3.51. The van der Waals surface area contributed by atoms with E-state index in [4.69, 9.17) is 4.74 Å². The first kappa shape index (κ1) is 15.9. The summed E-state index contributed by atoms with van der Waals surface area (Å²) in [7, 11) is 0.0703. The quantitative estimate of drug-likeness (QED) is 0.760. The molecule has 0 N–H and O–H groups in total. The van der Waals surface area contributed by atoms with Crippen LogP contribution in [-0.2, 0) is 20.3 Å². The second-order valence-electron chi connectivity index (χ2n) is 4.46. The fourth-order valence-corrected chi connectivity index (χ4v) is 3.85. The molecular formula is C16H15BrO3S. The molecule has 0 amide bonds. The third-order valence-corrected chi connectivity index (χ3v) is 4.97. The number of hydrogen-bond acceptors (Lipinski definition) is 3. The smallest absolute Gasteiger partial charge is 0.314 e. The molecule has 2 aromatic rings. The van der Waals surface area contributed by atoms with E-state index in [1.165, 1.54) is 7.11 Å². The van der Waals surface area contributed by atoms with Gasteiger partial charge in [-0.2, -0.15) is 0 Å². The van der Waals surface area contributed by atoms with Crippen LogP contribution in [0.25, 0.3) is 0 Å². The molecule has 2 aromatic carbocycles. The lowest BCUT2D eigenvalue weighted by atomic mass is 10.0. The van der Waals surface area contributed by atoms with Crippen molar-refractivity contribution in [1.29, 1.82) is 0 Å². The van der Waals surface area contributed by atoms with Crippen LogP contribution in [0.3, 0.4) is 0 Å². The maximum Gasteiger partial charge on any atom is 0.314 e. The Labute approximate surface area is 134 Å². The molecule has 0 saturated heterocycles. The van der Waals surface area contributed by atoms with E-state index in [9.17, 15) is 9.00 Å². The summed E-state index contributed by atoms with van der Waals surface area (Å²) in [5, 5.41) is 0. The van der Waals surface area contributed by atoms with Crippen LogP contribution in [0.15, 0.2) is 64.0 Å². The van der Waals surface area contributed by atoms with Gasteiger partial charge >= 0.3 is 5.97 Å². The summed E-state index contributed by atoms with van der Waals surface area (Å²) in [5.74, 6) is -0.701. The van der Waals surface area contributed by atoms with Crippen molar-refractivity contribution in [2.75, 3.05) is 12.9 Å². The largest absolute Gasteiger partial charge is 0.469 e. The van der Waals surface area contributed by atoms with Gasteiger partial charge in [-0.05, 0) is 23.8 Å². The summed E-state index contributed by atoms with van der Waals surface area (Å²) in [6.07, 6.45) is 0. The van der Waals surface area contributed by atoms with Crippen LogP contribution >= 0.6 is 15.9 Å². The van der Waals surface area contributed by atoms with Crippen LogP contribution in [-0.4, -0.2) is 23.0 Å². The minimum absolute atomic E-state index is 0.202. The van der Waals surface area contributed by atoms with Gasteiger partial charge in [-0.15, -0.1) is 0 Å². The third-order valence-electron chi connectivity index (χ3n) is 3.06. The van der Waals surface area contributed by atoms with Crippen molar-refractivity contribution < 1.29 is 13.7 Å². The van der Waals surface area contributed by atoms with Crippen LogP contribution in [0.5, 0.6) is 0 Å². The van der Waals surface area contributed by atoms with Gasteiger partial charge in [-0.1, -0.05) is 52.3 Å². The van der Waals surface area contributed by atoms with Crippen LogP contribution in [0.2, 0.25) is 0 Å². The van der Waals surface area contributed by atoms with Gasteiger partial charge in [0.2, 0.25) is 0 Å². The molecular weight excluding hydrogens is 352 g/mol. The SMILES string of the molecule is COC(=O)C(CS(=O)c1cccc(Br)c1)c1ccccc1. The zero-order valence-electron chi connectivity index (χ0n) is 11.5. The lowest BCUT2D eigenvalue weighted by Crippen LogP contribution is -2.20. The number of carbonyl (C=O) groups is 1. The molecule has 0 fully saturated rings. The second kappa shape index (κ2) is 7.52. The highest BCUT2D eigenvalue weighted by molar-refractivity contribution is 9.10. The van der Waals surface area contributed by atoms with E-state index in [-0.39, 0.29) is 11.7 Å². The Bertz CT molecular complexity index is 643. The highest BCUT2D eigenvalue weighted by Gasteiger charge is 2.24. The molecule has 0 saturated carbocycles. The van der Waals surface area contributed by atoms with Gasteiger partial charge in [-0.3, -0.25) is 9.00 Å². The molecule has 2 rings (SSSR count). The van der Waals surface area contributed by atoms with Crippen molar-refractivity contribution in [3.8, 4) is 0 Å². The van der Waals surface area contributed by atoms with E-state index in [2.05, 4.69) is 15.9 Å². The van der Waals surface area contributed by atoms with Crippen molar-refractivity contribution in [1.82, 2.24) is 0 Å². The molecule has 3 nitrogen and oxygen atoms in total. The lowest BCUT2D eigenvalue weighted by Gasteiger charge is -2.14. The van der Waals surface area contributed by atoms with Crippen LogP contribution in [0.4, 0.5) is 0 Å². The molecule has 0 aliphatic heterocycles. The third kappa shape index (κ3) is 4.25. The van der Waals surface area contributed by atoms with E-state index in [0.29, 0.717) is 4.90 Å². The Morgan fingerprint density at radius 2 is 1.90 bits per heavy atom. The van der Waals surface area contributed by atoms with Gasteiger partial charge in [0.15, 0.2) is 0 Å². The number of ether oxygens (including phenoxy) is 1. The van der Waals surface area contributed by atoms with E-state index in [1.54, 1.807) is 12.1 Å². The molecule has 110 valence electrons. The van der Waals surface area contributed by atoms with Crippen molar-refractivity contribution >= 4 is 32.7 Å². The van der Waals surface area contributed by atoms with Crippen LogP contribution in [0.1, 0.15) is 11.5 Å². The van der Waals surface area contributed by atoms with Gasteiger partial charge in [0, 0.05) is 15.1 Å². The molecule has 2 atom stereocenters. The minimum Gasteiger partial charge on any atom is -0.469 e. The Morgan fingerprint density at radius 1 is 1.19 bits per heavy atom. The van der Waals surface area contributed by atoms with Gasteiger partial charge in [0.05, 0.1) is 23.8 Å². The topological polar surface area (TPSA) is 43.4 Å². The highest BCUT2D eigenvalue weighted by Crippen LogP contribution is 2.22. The standard InChI is InChI=1S/C16H15BrO3S/c1-20-16(18)15(12-6-3-2-4-7-12)11-21(19)14-9-5-8-13(17)10-14/h2-10,15H,11H2,1H3. The maximum atomic E-state index is 12.5. The second-order valence-corrected chi connectivity index (χ2v) is 6.87. The fourth-order valence-electron chi connectivity index (χ4n) is 1.98. The van der Waals surface area contributed by atoms with Crippen LogP contribution in [0, 0.1) is 0 Å². The number of rotatable bonds is 5. The molecule has 2 unspecified atom stereocenters. The zero-order valence-corrected chi connectivity index (χ0v) is 13.9. The predicted molar refractivity (Wildman–Crippen MR) is 86.6 cm³/mol.